The van der Waals surface area contributed by atoms with Crippen LogP contribution in [-0.4, -0.2) is 59.2 Å². The molecule has 0 unspecified atom stereocenters. The van der Waals surface area contributed by atoms with Crippen molar-refractivity contribution in [3.63, 3.8) is 0 Å². The van der Waals surface area contributed by atoms with E-state index < -0.39 is 5.91 Å². The van der Waals surface area contributed by atoms with Crippen LogP contribution in [0.3, 0.4) is 0 Å². The largest absolute Gasteiger partial charge is 0.474 e. The zero-order chi connectivity index (χ0) is 17.9. The molecule has 1 aromatic carbocycles. The molecule has 1 aliphatic carbocycles. The van der Waals surface area contributed by atoms with Crippen LogP contribution in [0.2, 0.25) is 0 Å². The highest BCUT2D eigenvalue weighted by atomic mass is 16.5. The van der Waals surface area contributed by atoms with E-state index >= 15 is 0 Å². The number of aromatic nitrogens is 2. The minimum atomic E-state index is -0.465. The highest BCUT2D eigenvalue weighted by Gasteiger charge is 2.28. The van der Waals surface area contributed by atoms with Gasteiger partial charge >= 0.3 is 0 Å². The number of nitrogens with zero attached hydrogens (tertiary/aromatic N) is 3. The minimum Gasteiger partial charge on any atom is -0.474 e. The molecule has 1 aliphatic heterocycles. The third-order valence-electron chi connectivity index (χ3n) is 5.37. The van der Waals surface area contributed by atoms with Crippen molar-refractivity contribution < 1.29 is 14.3 Å². The Morgan fingerprint density at radius 2 is 1.92 bits per heavy atom. The van der Waals surface area contributed by atoms with Crippen LogP contribution in [0, 0.1) is 0 Å². The molecule has 4 rings (SSSR count). The SMILES string of the molecule is NC(=O)c1ccc2ncnc(O[C@H]3CC[C@H](N4CCOCC4)CC3)c2c1. The number of carbonyl (C=O) groups excluding carboxylic acids is 1. The molecule has 0 spiro atoms. The molecule has 0 radical (unpaired) electrons. The van der Waals surface area contributed by atoms with Crippen molar-refractivity contribution in [1.82, 2.24) is 14.9 Å². The number of rotatable bonds is 4. The molecule has 2 aliphatic rings. The number of hydrogen-bond donors (Lipinski definition) is 1. The minimum absolute atomic E-state index is 0.141. The van der Waals surface area contributed by atoms with Gasteiger partial charge in [-0.2, -0.15) is 0 Å². The van der Waals surface area contributed by atoms with Crippen molar-refractivity contribution in [3.8, 4) is 5.88 Å². The van der Waals surface area contributed by atoms with E-state index in [1.807, 2.05) is 0 Å². The van der Waals surface area contributed by atoms with E-state index in [0.29, 0.717) is 17.5 Å². The van der Waals surface area contributed by atoms with Crippen LogP contribution >= 0.6 is 0 Å². The number of carbonyl (C=O) groups is 1. The van der Waals surface area contributed by atoms with Crippen molar-refractivity contribution in [2.45, 2.75) is 37.8 Å². The second-order valence-electron chi connectivity index (χ2n) is 6.97. The maximum absolute atomic E-state index is 11.5. The zero-order valence-corrected chi connectivity index (χ0v) is 14.8. The summed E-state index contributed by atoms with van der Waals surface area (Å²) in [4.78, 5) is 22.5. The monoisotopic (exact) mass is 356 g/mol. The van der Waals surface area contributed by atoms with E-state index in [1.54, 1.807) is 18.2 Å². The summed E-state index contributed by atoms with van der Waals surface area (Å²) in [5, 5.41) is 0.735. The molecule has 7 nitrogen and oxygen atoms in total. The molecule has 2 N–H and O–H groups in total. The highest BCUT2D eigenvalue weighted by molar-refractivity contribution is 5.97. The molecule has 2 fully saturated rings. The van der Waals surface area contributed by atoms with E-state index in [-0.39, 0.29) is 6.10 Å². The Balaban J connectivity index is 1.44. The number of hydrogen-bond acceptors (Lipinski definition) is 6. The first-order valence-corrected chi connectivity index (χ1v) is 9.24. The molecule has 1 amide bonds. The number of ether oxygens (including phenoxy) is 2. The Bertz CT molecular complexity index is 783. The lowest BCUT2D eigenvalue weighted by atomic mass is 9.91. The van der Waals surface area contributed by atoms with Gasteiger partial charge in [-0.25, -0.2) is 9.97 Å². The quantitative estimate of drug-likeness (QED) is 0.897. The van der Waals surface area contributed by atoms with Crippen LogP contribution in [-0.2, 0) is 4.74 Å². The first-order valence-electron chi connectivity index (χ1n) is 9.24. The fourth-order valence-corrected chi connectivity index (χ4v) is 3.91. The van der Waals surface area contributed by atoms with E-state index in [9.17, 15) is 4.79 Å². The molecule has 0 bridgehead atoms. The van der Waals surface area contributed by atoms with Gasteiger partial charge in [0.1, 0.15) is 12.4 Å². The van der Waals surface area contributed by atoms with Gasteiger partial charge in [-0.3, -0.25) is 9.69 Å². The summed E-state index contributed by atoms with van der Waals surface area (Å²) in [6.07, 6.45) is 5.90. The predicted octanol–water partition coefficient (Wildman–Crippen LogP) is 1.75. The fourth-order valence-electron chi connectivity index (χ4n) is 3.91. The maximum Gasteiger partial charge on any atom is 0.248 e. The number of benzene rings is 1. The van der Waals surface area contributed by atoms with Gasteiger partial charge < -0.3 is 15.2 Å². The average molecular weight is 356 g/mol. The summed E-state index contributed by atoms with van der Waals surface area (Å²) in [6.45, 7) is 3.74. The topological polar surface area (TPSA) is 90.6 Å². The van der Waals surface area contributed by atoms with Crippen LogP contribution in [0.25, 0.3) is 10.9 Å². The van der Waals surface area contributed by atoms with Crippen molar-refractivity contribution in [1.29, 1.82) is 0 Å². The number of morpholine rings is 1. The van der Waals surface area contributed by atoms with Gasteiger partial charge in [0.25, 0.3) is 0 Å². The molecule has 7 heteroatoms. The zero-order valence-electron chi connectivity index (χ0n) is 14.8. The van der Waals surface area contributed by atoms with Gasteiger partial charge in [0.2, 0.25) is 11.8 Å². The smallest absolute Gasteiger partial charge is 0.248 e. The molecule has 2 heterocycles. The third-order valence-corrected chi connectivity index (χ3v) is 5.37. The fraction of sp³-hybridized carbons (Fsp3) is 0.526. The lowest BCUT2D eigenvalue weighted by Gasteiger charge is -2.38. The Labute approximate surface area is 152 Å². The van der Waals surface area contributed by atoms with Crippen molar-refractivity contribution >= 4 is 16.8 Å². The Hall–Kier alpha value is -2.25. The summed E-state index contributed by atoms with van der Waals surface area (Å²) in [5.41, 5.74) is 6.58. The van der Waals surface area contributed by atoms with Crippen molar-refractivity contribution in [3.05, 3.63) is 30.1 Å². The van der Waals surface area contributed by atoms with Gasteiger partial charge in [-0.15, -0.1) is 0 Å². The van der Waals surface area contributed by atoms with E-state index in [0.717, 1.165) is 62.9 Å². The van der Waals surface area contributed by atoms with Crippen molar-refractivity contribution in [2.75, 3.05) is 26.3 Å². The van der Waals surface area contributed by atoms with Crippen molar-refractivity contribution in [2.24, 2.45) is 5.73 Å². The summed E-state index contributed by atoms with van der Waals surface area (Å²) < 4.78 is 11.6. The molecule has 2 aromatic rings. The Morgan fingerprint density at radius 1 is 1.15 bits per heavy atom. The molecule has 1 saturated heterocycles. The van der Waals surface area contributed by atoms with Crippen LogP contribution in [0.1, 0.15) is 36.0 Å². The molecule has 138 valence electrons. The molecular formula is C19H24N4O3. The van der Waals surface area contributed by atoms with Gasteiger partial charge in [-0.05, 0) is 43.9 Å². The van der Waals surface area contributed by atoms with E-state index in [4.69, 9.17) is 15.2 Å². The molecule has 1 aromatic heterocycles. The molecule has 26 heavy (non-hydrogen) atoms. The van der Waals surface area contributed by atoms with E-state index in [1.165, 1.54) is 6.33 Å². The van der Waals surface area contributed by atoms with Gasteiger partial charge in [-0.1, -0.05) is 0 Å². The van der Waals surface area contributed by atoms with Gasteiger partial charge in [0, 0.05) is 24.7 Å². The first-order chi connectivity index (χ1) is 12.7. The predicted molar refractivity (Wildman–Crippen MR) is 97.1 cm³/mol. The molecular weight excluding hydrogens is 332 g/mol. The summed E-state index contributed by atoms with van der Waals surface area (Å²) in [5.74, 6) is 0.0700. The lowest BCUT2D eigenvalue weighted by molar-refractivity contribution is -0.00126. The van der Waals surface area contributed by atoms with E-state index in [2.05, 4.69) is 14.9 Å². The van der Waals surface area contributed by atoms with Crippen LogP contribution in [0.15, 0.2) is 24.5 Å². The van der Waals surface area contributed by atoms with Crippen LogP contribution in [0.4, 0.5) is 0 Å². The Kier molecular flexibility index (Phi) is 4.99. The summed E-state index contributed by atoms with van der Waals surface area (Å²) >= 11 is 0. The first kappa shape index (κ1) is 17.2. The number of nitrogens with two attached hydrogens (primary N) is 1. The number of amides is 1. The highest BCUT2D eigenvalue weighted by Crippen LogP contribution is 2.29. The lowest BCUT2D eigenvalue weighted by Crippen LogP contribution is -2.46. The normalized spacial score (nSPS) is 24.5. The van der Waals surface area contributed by atoms with Gasteiger partial charge in [0.05, 0.1) is 24.1 Å². The Morgan fingerprint density at radius 3 is 2.65 bits per heavy atom. The summed E-state index contributed by atoms with van der Waals surface area (Å²) in [6, 6.07) is 5.79. The second kappa shape index (κ2) is 7.55. The molecule has 0 atom stereocenters. The van der Waals surface area contributed by atoms with Crippen LogP contribution < -0.4 is 10.5 Å². The van der Waals surface area contributed by atoms with Gasteiger partial charge in [0.15, 0.2) is 0 Å². The maximum atomic E-state index is 11.5. The standard InChI is InChI=1S/C19H24N4O3/c20-18(24)13-1-6-17-16(11-13)19(22-12-21-17)26-15-4-2-14(3-5-15)23-7-9-25-10-8-23/h1,6,11-12,14-15H,2-5,7-10H2,(H2,20,24)/t14-,15-. The summed E-state index contributed by atoms with van der Waals surface area (Å²) in [7, 11) is 0. The van der Waals surface area contributed by atoms with Crippen LogP contribution in [0.5, 0.6) is 5.88 Å². The number of fused-ring (bicyclic) bond motifs is 1. The number of primary amides is 1. The third kappa shape index (κ3) is 3.64. The average Bonchev–Trinajstić information content (AvgIpc) is 2.69. The molecule has 1 saturated carbocycles. The second-order valence-corrected chi connectivity index (χ2v) is 6.97.